The van der Waals surface area contributed by atoms with Crippen LogP contribution in [0.2, 0.25) is 0 Å². The molecule has 1 heterocycles. The van der Waals surface area contributed by atoms with Crippen molar-refractivity contribution in [3.8, 4) is 5.75 Å². The molecule has 0 aliphatic carbocycles. The summed E-state index contributed by atoms with van der Waals surface area (Å²) in [6, 6.07) is 12.8. The fraction of sp³-hybridized carbons (Fsp3) is 0.350. The van der Waals surface area contributed by atoms with E-state index in [0.29, 0.717) is 31.1 Å². The number of ether oxygens (including phenoxy) is 1. The van der Waals surface area contributed by atoms with E-state index in [1.54, 1.807) is 18.1 Å². The fourth-order valence-electron chi connectivity index (χ4n) is 3.09. The largest absolute Gasteiger partial charge is 0.495 e. The highest BCUT2D eigenvalue weighted by atomic mass is 32.2. The van der Waals surface area contributed by atoms with Crippen LogP contribution < -0.4 is 9.64 Å². The van der Waals surface area contributed by atoms with Crippen LogP contribution in [0.4, 0.5) is 18.9 Å². The number of rotatable bonds is 5. The number of alkyl halides is 3. The molecule has 0 spiro atoms. The SMILES string of the molecule is COc1ccccc1N1CCN(C(=O)CSc2cccc(C(F)(F)F)c2)CC1. The second-order valence-electron chi connectivity index (χ2n) is 6.35. The van der Waals surface area contributed by atoms with Gasteiger partial charge in [-0.15, -0.1) is 11.8 Å². The standard InChI is InChI=1S/C20H21F3N2O2S/c1-27-18-8-3-2-7-17(18)24-9-11-25(12-10-24)19(26)14-28-16-6-4-5-15(13-16)20(21,22)23/h2-8,13H,9-12,14H2,1H3. The quantitative estimate of drug-likeness (QED) is 0.694. The molecule has 4 nitrogen and oxygen atoms in total. The molecule has 0 bridgehead atoms. The lowest BCUT2D eigenvalue weighted by atomic mass is 10.2. The summed E-state index contributed by atoms with van der Waals surface area (Å²) >= 11 is 1.13. The Bertz CT molecular complexity index is 821. The number of anilines is 1. The second kappa shape index (κ2) is 8.77. The molecule has 2 aromatic carbocycles. The maximum Gasteiger partial charge on any atom is 0.416 e. The van der Waals surface area contributed by atoms with Gasteiger partial charge in [-0.05, 0) is 30.3 Å². The first-order valence-corrected chi connectivity index (χ1v) is 9.83. The van der Waals surface area contributed by atoms with Crippen LogP contribution in [0.1, 0.15) is 5.56 Å². The van der Waals surface area contributed by atoms with Crippen molar-refractivity contribution in [1.29, 1.82) is 0 Å². The summed E-state index contributed by atoms with van der Waals surface area (Å²) in [7, 11) is 1.63. The lowest BCUT2D eigenvalue weighted by molar-refractivity contribution is -0.137. The summed E-state index contributed by atoms with van der Waals surface area (Å²) in [4.78, 5) is 16.8. The van der Waals surface area contributed by atoms with Crippen LogP contribution in [0.15, 0.2) is 53.4 Å². The maximum absolute atomic E-state index is 12.8. The Morgan fingerprint density at radius 1 is 1.07 bits per heavy atom. The first-order valence-electron chi connectivity index (χ1n) is 8.84. The molecule has 1 saturated heterocycles. The van der Waals surface area contributed by atoms with Gasteiger partial charge in [-0.25, -0.2) is 0 Å². The predicted octanol–water partition coefficient (Wildman–Crippen LogP) is 4.15. The first-order chi connectivity index (χ1) is 13.4. The summed E-state index contributed by atoms with van der Waals surface area (Å²) in [6.07, 6.45) is -4.38. The number of amides is 1. The molecule has 2 aromatic rings. The third kappa shape index (κ3) is 4.92. The van der Waals surface area contributed by atoms with E-state index in [0.717, 1.165) is 35.3 Å². The van der Waals surface area contributed by atoms with Crippen LogP contribution in [0.25, 0.3) is 0 Å². The van der Waals surface area contributed by atoms with Crippen molar-refractivity contribution in [2.24, 2.45) is 0 Å². The molecule has 3 rings (SSSR count). The lowest BCUT2D eigenvalue weighted by Gasteiger charge is -2.36. The average Bonchev–Trinajstić information content (AvgIpc) is 2.71. The highest BCUT2D eigenvalue weighted by molar-refractivity contribution is 8.00. The molecule has 1 fully saturated rings. The van der Waals surface area contributed by atoms with Crippen molar-refractivity contribution in [1.82, 2.24) is 4.90 Å². The molecule has 1 amide bonds. The predicted molar refractivity (Wildman–Crippen MR) is 104 cm³/mol. The zero-order valence-electron chi connectivity index (χ0n) is 15.4. The number of piperazine rings is 1. The number of carbonyl (C=O) groups excluding carboxylic acids is 1. The average molecular weight is 410 g/mol. The number of para-hydroxylation sites is 2. The van der Waals surface area contributed by atoms with Crippen LogP contribution in [-0.4, -0.2) is 49.8 Å². The highest BCUT2D eigenvalue weighted by Crippen LogP contribution is 2.32. The van der Waals surface area contributed by atoms with E-state index in [9.17, 15) is 18.0 Å². The Morgan fingerprint density at radius 3 is 2.46 bits per heavy atom. The van der Waals surface area contributed by atoms with Gasteiger partial charge < -0.3 is 14.5 Å². The van der Waals surface area contributed by atoms with Crippen LogP contribution >= 0.6 is 11.8 Å². The molecule has 0 aromatic heterocycles. The Labute approximate surface area is 166 Å². The summed E-state index contributed by atoms with van der Waals surface area (Å²) < 4.78 is 43.8. The highest BCUT2D eigenvalue weighted by Gasteiger charge is 2.30. The van der Waals surface area contributed by atoms with Crippen LogP contribution in [0, 0.1) is 0 Å². The second-order valence-corrected chi connectivity index (χ2v) is 7.40. The van der Waals surface area contributed by atoms with E-state index in [1.807, 2.05) is 24.3 Å². The van der Waals surface area contributed by atoms with E-state index in [4.69, 9.17) is 4.74 Å². The van der Waals surface area contributed by atoms with E-state index in [1.165, 1.54) is 6.07 Å². The van der Waals surface area contributed by atoms with Crippen molar-refractivity contribution < 1.29 is 22.7 Å². The molecule has 0 saturated carbocycles. The van der Waals surface area contributed by atoms with E-state index < -0.39 is 11.7 Å². The third-order valence-electron chi connectivity index (χ3n) is 4.58. The van der Waals surface area contributed by atoms with Gasteiger partial charge in [0, 0.05) is 31.1 Å². The van der Waals surface area contributed by atoms with Crippen LogP contribution in [0.3, 0.4) is 0 Å². The smallest absolute Gasteiger partial charge is 0.416 e. The Morgan fingerprint density at radius 2 is 1.79 bits per heavy atom. The first kappa shape index (κ1) is 20.4. The third-order valence-corrected chi connectivity index (χ3v) is 5.56. The summed E-state index contributed by atoms with van der Waals surface area (Å²) in [5.74, 6) is 0.847. The number of nitrogens with zero attached hydrogens (tertiary/aromatic N) is 2. The van der Waals surface area contributed by atoms with Crippen molar-refractivity contribution in [3.63, 3.8) is 0 Å². The Kier molecular flexibility index (Phi) is 6.39. The van der Waals surface area contributed by atoms with Gasteiger partial charge in [0.2, 0.25) is 5.91 Å². The monoisotopic (exact) mass is 410 g/mol. The Balaban J connectivity index is 1.53. The van der Waals surface area contributed by atoms with Crippen molar-refractivity contribution >= 4 is 23.4 Å². The van der Waals surface area contributed by atoms with Crippen molar-refractivity contribution in [2.45, 2.75) is 11.1 Å². The van der Waals surface area contributed by atoms with Gasteiger partial charge in [0.15, 0.2) is 0 Å². The molecule has 0 radical (unpaired) electrons. The van der Waals surface area contributed by atoms with Crippen LogP contribution in [0.5, 0.6) is 5.75 Å². The number of benzene rings is 2. The maximum atomic E-state index is 12.8. The van der Waals surface area contributed by atoms with Gasteiger partial charge in [-0.2, -0.15) is 13.2 Å². The van der Waals surface area contributed by atoms with Crippen LogP contribution in [-0.2, 0) is 11.0 Å². The Hall–Kier alpha value is -2.35. The van der Waals surface area contributed by atoms with Crippen molar-refractivity contribution in [3.05, 3.63) is 54.1 Å². The number of methoxy groups -OCH3 is 1. The summed E-state index contributed by atoms with van der Waals surface area (Å²) in [6.45, 7) is 2.50. The number of halogens is 3. The molecule has 0 unspecified atom stereocenters. The van der Waals surface area contributed by atoms with Crippen molar-refractivity contribution in [2.75, 3.05) is 43.9 Å². The van der Waals surface area contributed by atoms with E-state index in [-0.39, 0.29) is 11.7 Å². The summed E-state index contributed by atoms with van der Waals surface area (Å²) in [5.41, 5.74) is 0.297. The van der Waals surface area contributed by atoms with Gasteiger partial charge in [0.1, 0.15) is 5.75 Å². The summed E-state index contributed by atoms with van der Waals surface area (Å²) in [5, 5.41) is 0. The van der Waals surface area contributed by atoms with Gasteiger partial charge in [0.05, 0.1) is 24.1 Å². The van der Waals surface area contributed by atoms with Gasteiger partial charge in [0.25, 0.3) is 0 Å². The zero-order chi connectivity index (χ0) is 20.1. The number of hydrogen-bond donors (Lipinski definition) is 0. The molecule has 28 heavy (non-hydrogen) atoms. The van der Waals surface area contributed by atoms with Gasteiger partial charge in [-0.1, -0.05) is 18.2 Å². The van der Waals surface area contributed by atoms with E-state index >= 15 is 0 Å². The molecule has 1 aliphatic heterocycles. The van der Waals surface area contributed by atoms with E-state index in [2.05, 4.69) is 4.90 Å². The topological polar surface area (TPSA) is 32.8 Å². The minimum Gasteiger partial charge on any atom is -0.495 e. The number of hydrogen-bond acceptors (Lipinski definition) is 4. The molecule has 8 heteroatoms. The minimum absolute atomic E-state index is 0.0675. The van der Waals surface area contributed by atoms with Gasteiger partial charge >= 0.3 is 6.18 Å². The molecule has 150 valence electrons. The molecule has 0 atom stereocenters. The normalized spacial score (nSPS) is 14.9. The molecular formula is C20H21F3N2O2S. The zero-order valence-corrected chi connectivity index (χ0v) is 16.2. The molecular weight excluding hydrogens is 389 g/mol. The number of carbonyl (C=O) groups is 1. The molecule has 0 N–H and O–H groups in total. The fourth-order valence-corrected chi connectivity index (χ4v) is 3.94. The lowest BCUT2D eigenvalue weighted by Crippen LogP contribution is -2.49. The number of thioether (sulfide) groups is 1. The van der Waals surface area contributed by atoms with Gasteiger partial charge in [-0.3, -0.25) is 4.79 Å². The minimum atomic E-state index is -4.38. The molecule has 1 aliphatic rings.